The number of hydrogen-bond acceptors (Lipinski definition) is 5. The van der Waals surface area contributed by atoms with Crippen molar-refractivity contribution in [2.45, 2.75) is 18.6 Å². The minimum atomic E-state index is -0.614. The molecule has 0 aromatic rings. The van der Waals surface area contributed by atoms with Gasteiger partial charge in [-0.25, -0.2) is 0 Å². The van der Waals surface area contributed by atoms with E-state index in [1.807, 2.05) is 0 Å². The summed E-state index contributed by atoms with van der Waals surface area (Å²) in [7, 11) is 1.32. The number of carbonyl (C=O) groups excluding carboxylic acids is 1. The van der Waals surface area contributed by atoms with Crippen LogP contribution in [-0.4, -0.2) is 45.0 Å². The highest BCUT2D eigenvalue weighted by Crippen LogP contribution is 2.07. The third kappa shape index (κ3) is 3.30. The summed E-state index contributed by atoms with van der Waals surface area (Å²) < 4.78 is 15.0. The Hall–Kier alpha value is -0.650. The van der Waals surface area contributed by atoms with E-state index in [2.05, 4.69) is 4.74 Å². The Kier molecular flexibility index (Phi) is 4.14. The molecule has 0 amide bonds. The third-order valence-electron chi connectivity index (χ3n) is 1.91. The van der Waals surface area contributed by atoms with Crippen molar-refractivity contribution in [2.75, 3.05) is 26.9 Å². The van der Waals surface area contributed by atoms with Gasteiger partial charge in [0.15, 0.2) is 0 Å². The molecular formula is C8H15NO4. The van der Waals surface area contributed by atoms with Crippen LogP contribution in [0, 0.1) is 0 Å². The maximum atomic E-state index is 10.9. The van der Waals surface area contributed by atoms with Gasteiger partial charge in [0.25, 0.3) is 0 Å². The predicted octanol–water partition coefficient (Wildman–Crippen LogP) is -0.708. The van der Waals surface area contributed by atoms with Crippen molar-refractivity contribution in [3.63, 3.8) is 0 Å². The maximum Gasteiger partial charge on any atom is 0.322 e. The van der Waals surface area contributed by atoms with E-state index in [0.29, 0.717) is 26.2 Å². The van der Waals surface area contributed by atoms with Crippen LogP contribution in [0.3, 0.4) is 0 Å². The Morgan fingerprint density at radius 3 is 3.00 bits per heavy atom. The summed E-state index contributed by atoms with van der Waals surface area (Å²) in [5, 5.41) is 0. The molecule has 2 N–H and O–H groups in total. The first-order chi connectivity index (χ1) is 6.24. The highest BCUT2D eigenvalue weighted by Gasteiger charge is 2.22. The van der Waals surface area contributed by atoms with Crippen molar-refractivity contribution in [2.24, 2.45) is 5.73 Å². The van der Waals surface area contributed by atoms with Gasteiger partial charge in [0.1, 0.15) is 6.04 Å². The number of esters is 1. The van der Waals surface area contributed by atoms with Crippen LogP contribution in [0.4, 0.5) is 0 Å². The summed E-state index contributed by atoms with van der Waals surface area (Å²) in [6.45, 7) is 1.69. The van der Waals surface area contributed by atoms with Crippen LogP contribution in [0.25, 0.3) is 0 Å². The van der Waals surface area contributed by atoms with Crippen molar-refractivity contribution < 1.29 is 19.0 Å². The van der Waals surface area contributed by atoms with E-state index in [4.69, 9.17) is 15.2 Å². The van der Waals surface area contributed by atoms with Gasteiger partial charge in [0.05, 0.1) is 33.0 Å². The molecule has 1 aliphatic heterocycles. The van der Waals surface area contributed by atoms with Gasteiger partial charge in [0, 0.05) is 6.42 Å². The number of nitrogens with two attached hydrogens (primary N) is 1. The van der Waals surface area contributed by atoms with Gasteiger partial charge >= 0.3 is 5.97 Å². The Balaban J connectivity index is 2.25. The molecule has 76 valence electrons. The molecule has 2 atom stereocenters. The maximum absolute atomic E-state index is 10.9. The molecule has 5 nitrogen and oxygen atoms in total. The second-order valence-electron chi connectivity index (χ2n) is 2.93. The predicted molar refractivity (Wildman–Crippen MR) is 45.2 cm³/mol. The lowest BCUT2D eigenvalue weighted by molar-refractivity contribution is -0.145. The molecule has 1 saturated heterocycles. The van der Waals surface area contributed by atoms with Gasteiger partial charge < -0.3 is 19.9 Å². The smallest absolute Gasteiger partial charge is 0.322 e. The highest BCUT2D eigenvalue weighted by molar-refractivity contribution is 5.75. The van der Waals surface area contributed by atoms with Crippen LogP contribution < -0.4 is 5.73 Å². The molecule has 0 aromatic carbocycles. The van der Waals surface area contributed by atoms with Crippen molar-refractivity contribution >= 4 is 5.97 Å². The van der Waals surface area contributed by atoms with Crippen LogP contribution >= 0.6 is 0 Å². The standard InChI is InChI=1S/C8H15NO4/c1-11-8(10)7(9)4-6-5-12-2-3-13-6/h6-7H,2-5,9H2,1H3. The zero-order valence-corrected chi connectivity index (χ0v) is 7.69. The fourth-order valence-corrected chi connectivity index (χ4v) is 1.20. The number of methoxy groups -OCH3 is 1. The molecule has 13 heavy (non-hydrogen) atoms. The van der Waals surface area contributed by atoms with Crippen molar-refractivity contribution in [3.05, 3.63) is 0 Å². The highest BCUT2D eigenvalue weighted by atomic mass is 16.6. The molecule has 1 heterocycles. The fraction of sp³-hybridized carbons (Fsp3) is 0.875. The number of ether oxygens (including phenoxy) is 3. The molecule has 5 heteroatoms. The van der Waals surface area contributed by atoms with Crippen LogP contribution in [-0.2, 0) is 19.0 Å². The number of hydrogen-bond donors (Lipinski definition) is 1. The van der Waals surface area contributed by atoms with E-state index < -0.39 is 12.0 Å². The number of carbonyl (C=O) groups is 1. The second-order valence-corrected chi connectivity index (χ2v) is 2.93. The Bertz CT molecular complexity index is 168. The van der Waals surface area contributed by atoms with E-state index in [1.54, 1.807) is 0 Å². The summed E-state index contributed by atoms with van der Waals surface area (Å²) in [5.74, 6) is -0.408. The monoisotopic (exact) mass is 189 g/mol. The Morgan fingerprint density at radius 2 is 2.46 bits per heavy atom. The zero-order valence-electron chi connectivity index (χ0n) is 7.69. The molecule has 1 aliphatic rings. The molecule has 0 aromatic heterocycles. The minimum Gasteiger partial charge on any atom is -0.468 e. The first kappa shape index (κ1) is 10.4. The Labute approximate surface area is 77.1 Å². The van der Waals surface area contributed by atoms with Crippen LogP contribution in [0.15, 0.2) is 0 Å². The van der Waals surface area contributed by atoms with Crippen LogP contribution in [0.5, 0.6) is 0 Å². The van der Waals surface area contributed by atoms with Crippen molar-refractivity contribution in [1.29, 1.82) is 0 Å². The first-order valence-corrected chi connectivity index (χ1v) is 4.26. The van der Waals surface area contributed by atoms with E-state index in [1.165, 1.54) is 7.11 Å². The summed E-state index contributed by atoms with van der Waals surface area (Å²) in [6.07, 6.45) is 0.370. The fourth-order valence-electron chi connectivity index (χ4n) is 1.20. The van der Waals surface area contributed by atoms with Crippen molar-refractivity contribution in [3.8, 4) is 0 Å². The summed E-state index contributed by atoms with van der Waals surface area (Å²) in [5.41, 5.74) is 5.55. The molecule has 0 radical (unpaired) electrons. The van der Waals surface area contributed by atoms with Gasteiger partial charge in [-0.15, -0.1) is 0 Å². The van der Waals surface area contributed by atoms with E-state index in [0.717, 1.165) is 0 Å². The molecule has 2 unspecified atom stereocenters. The van der Waals surface area contributed by atoms with Gasteiger partial charge in [-0.2, -0.15) is 0 Å². The van der Waals surface area contributed by atoms with Gasteiger partial charge in [0.2, 0.25) is 0 Å². The lowest BCUT2D eigenvalue weighted by Crippen LogP contribution is -2.39. The van der Waals surface area contributed by atoms with E-state index in [9.17, 15) is 4.79 Å². The molecule has 1 fully saturated rings. The molecule has 1 rings (SSSR count). The normalized spacial score (nSPS) is 25.2. The second kappa shape index (κ2) is 5.16. The van der Waals surface area contributed by atoms with Crippen LogP contribution in [0.2, 0.25) is 0 Å². The van der Waals surface area contributed by atoms with Crippen molar-refractivity contribution in [1.82, 2.24) is 0 Å². The summed E-state index contributed by atoms with van der Waals surface area (Å²) >= 11 is 0. The molecule has 0 saturated carbocycles. The third-order valence-corrected chi connectivity index (χ3v) is 1.91. The molecule has 0 aliphatic carbocycles. The average molecular weight is 189 g/mol. The topological polar surface area (TPSA) is 70.8 Å². The summed E-state index contributed by atoms with van der Waals surface area (Å²) in [4.78, 5) is 10.9. The quantitative estimate of drug-likeness (QED) is 0.594. The summed E-state index contributed by atoms with van der Waals surface area (Å²) in [6, 6.07) is -0.614. The van der Waals surface area contributed by atoms with Gasteiger partial charge in [-0.1, -0.05) is 0 Å². The van der Waals surface area contributed by atoms with Gasteiger partial charge in [-0.05, 0) is 0 Å². The lowest BCUT2D eigenvalue weighted by atomic mass is 10.1. The zero-order chi connectivity index (χ0) is 9.68. The Morgan fingerprint density at radius 1 is 1.69 bits per heavy atom. The lowest BCUT2D eigenvalue weighted by Gasteiger charge is -2.24. The molecular weight excluding hydrogens is 174 g/mol. The molecule has 0 bridgehead atoms. The minimum absolute atomic E-state index is 0.0807. The first-order valence-electron chi connectivity index (χ1n) is 4.26. The van der Waals surface area contributed by atoms with Crippen LogP contribution in [0.1, 0.15) is 6.42 Å². The molecule has 0 spiro atoms. The van der Waals surface area contributed by atoms with E-state index >= 15 is 0 Å². The largest absolute Gasteiger partial charge is 0.468 e. The van der Waals surface area contributed by atoms with E-state index in [-0.39, 0.29) is 6.10 Å². The van der Waals surface area contributed by atoms with Gasteiger partial charge in [-0.3, -0.25) is 4.79 Å². The SMILES string of the molecule is COC(=O)C(N)CC1COCCO1. The average Bonchev–Trinajstić information content (AvgIpc) is 2.18. The number of rotatable bonds is 3.